The number of hydrogen-bond acceptors (Lipinski definition) is 6. The van der Waals surface area contributed by atoms with Crippen molar-refractivity contribution in [2.45, 2.75) is 60.2 Å². The summed E-state index contributed by atoms with van der Waals surface area (Å²) in [6, 6.07) is 5.56. The summed E-state index contributed by atoms with van der Waals surface area (Å²) in [6.07, 6.45) is -8.15. The van der Waals surface area contributed by atoms with Gasteiger partial charge in [-0.05, 0) is 43.9 Å². The number of sulfone groups is 1. The number of halogens is 5. The molecule has 1 aromatic carbocycles. The summed E-state index contributed by atoms with van der Waals surface area (Å²) in [5.74, 6) is -1.35. The molecule has 0 unspecified atom stereocenters. The van der Waals surface area contributed by atoms with Gasteiger partial charge in [0.2, 0.25) is 5.91 Å². The van der Waals surface area contributed by atoms with Crippen LogP contribution in [0.2, 0.25) is 10.0 Å². The van der Waals surface area contributed by atoms with Crippen molar-refractivity contribution in [3.05, 3.63) is 28.2 Å². The van der Waals surface area contributed by atoms with Gasteiger partial charge in [0.15, 0.2) is 16.1 Å². The SMILES string of the molecule is N#CC1(NC(=O)O[C@H]2C[C@@H](S(=O)(=O)c3ccc(Cl)cc3Cl)CN2C(=O)C2(C(F)(F)F)CC2)CC1. The van der Waals surface area contributed by atoms with Crippen LogP contribution < -0.4 is 5.32 Å². The van der Waals surface area contributed by atoms with Gasteiger partial charge in [-0.1, -0.05) is 23.2 Å². The number of hydrogen-bond donors (Lipinski definition) is 1. The number of ether oxygens (including phenoxy) is 1. The average molecular weight is 540 g/mol. The lowest BCUT2D eigenvalue weighted by Gasteiger charge is -2.29. The molecule has 2 atom stereocenters. The number of likely N-dealkylation sites (tertiary alicyclic amines) is 1. The molecule has 8 nitrogen and oxygen atoms in total. The molecule has 184 valence electrons. The lowest BCUT2D eigenvalue weighted by atomic mass is 10.1. The van der Waals surface area contributed by atoms with Gasteiger partial charge in [-0.15, -0.1) is 0 Å². The Labute approximate surface area is 202 Å². The third-order valence-electron chi connectivity index (χ3n) is 6.36. The number of nitrogens with zero attached hydrogens (tertiary/aromatic N) is 2. The van der Waals surface area contributed by atoms with Crippen molar-refractivity contribution in [3.8, 4) is 6.07 Å². The monoisotopic (exact) mass is 539 g/mol. The van der Waals surface area contributed by atoms with Gasteiger partial charge in [0.25, 0.3) is 0 Å². The van der Waals surface area contributed by atoms with E-state index in [9.17, 15) is 31.2 Å². The van der Waals surface area contributed by atoms with Crippen LogP contribution in [0.5, 0.6) is 0 Å². The minimum atomic E-state index is -4.84. The predicted octanol–water partition coefficient (Wildman–Crippen LogP) is 3.82. The molecule has 2 aliphatic carbocycles. The maximum absolute atomic E-state index is 13.6. The molecule has 0 bridgehead atoms. The third kappa shape index (κ3) is 4.29. The molecule has 2 amide bonds. The van der Waals surface area contributed by atoms with Gasteiger partial charge in [-0.2, -0.15) is 18.4 Å². The second-order valence-electron chi connectivity index (χ2n) is 8.69. The summed E-state index contributed by atoms with van der Waals surface area (Å²) in [6.45, 7) is -0.626. The van der Waals surface area contributed by atoms with E-state index in [1.54, 1.807) is 0 Å². The number of benzene rings is 1. The molecule has 1 N–H and O–H groups in total. The zero-order valence-electron chi connectivity index (χ0n) is 17.4. The summed E-state index contributed by atoms with van der Waals surface area (Å²) in [4.78, 5) is 25.6. The maximum Gasteiger partial charge on any atom is 0.410 e. The Kier molecular flexibility index (Phi) is 5.98. The van der Waals surface area contributed by atoms with E-state index in [1.807, 2.05) is 6.07 Å². The van der Waals surface area contributed by atoms with Crippen molar-refractivity contribution < 1.29 is 35.9 Å². The van der Waals surface area contributed by atoms with Crippen molar-refractivity contribution in [1.82, 2.24) is 10.2 Å². The zero-order valence-corrected chi connectivity index (χ0v) is 19.7. The maximum atomic E-state index is 13.6. The molecule has 3 aliphatic rings. The Balaban J connectivity index is 1.62. The minimum Gasteiger partial charge on any atom is -0.425 e. The highest BCUT2D eigenvalue weighted by Crippen LogP contribution is 2.59. The highest BCUT2D eigenvalue weighted by molar-refractivity contribution is 7.92. The number of carbonyl (C=O) groups excluding carboxylic acids is 2. The highest BCUT2D eigenvalue weighted by Gasteiger charge is 2.70. The van der Waals surface area contributed by atoms with Crippen LogP contribution in [-0.2, 0) is 19.4 Å². The van der Waals surface area contributed by atoms with Crippen LogP contribution in [-0.4, -0.2) is 55.1 Å². The molecule has 1 aromatic rings. The van der Waals surface area contributed by atoms with E-state index in [-0.39, 0.29) is 14.9 Å². The van der Waals surface area contributed by atoms with E-state index in [2.05, 4.69) is 5.32 Å². The summed E-state index contributed by atoms with van der Waals surface area (Å²) >= 11 is 11.8. The first-order valence-electron chi connectivity index (χ1n) is 10.2. The summed E-state index contributed by atoms with van der Waals surface area (Å²) in [5.41, 5.74) is -3.76. The van der Waals surface area contributed by atoms with Gasteiger partial charge in [0.05, 0.1) is 21.2 Å². The molecule has 3 fully saturated rings. The Morgan fingerprint density at radius 2 is 1.85 bits per heavy atom. The fourth-order valence-corrected chi connectivity index (χ4v) is 6.41. The molecule has 1 heterocycles. The van der Waals surface area contributed by atoms with Gasteiger partial charge in [-0.3, -0.25) is 4.79 Å². The topological polar surface area (TPSA) is 117 Å². The van der Waals surface area contributed by atoms with E-state index in [4.69, 9.17) is 33.2 Å². The Morgan fingerprint density at radius 3 is 2.35 bits per heavy atom. The number of alkyl carbamates (subject to hydrolysis) is 1. The van der Waals surface area contributed by atoms with Crippen molar-refractivity contribution >= 4 is 45.0 Å². The van der Waals surface area contributed by atoms with E-state index in [0.717, 1.165) is 6.07 Å². The van der Waals surface area contributed by atoms with Gasteiger partial charge in [0.1, 0.15) is 11.0 Å². The fourth-order valence-electron chi connectivity index (χ4n) is 3.96. The number of nitrogens with one attached hydrogen (secondary N) is 1. The van der Waals surface area contributed by atoms with Gasteiger partial charge in [0, 0.05) is 18.0 Å². The van der Waals surface area contributed by atoms with Gasteiger partial charge in [-0.25, -0.2) is 13.2 Å². The van der Waals surface area contributed by atoms with E-state index < -0.39 is 76.3 Å². The first kappa shape index (κ1) is 24.9. The van der Waals surface area contributed by atoms with Crippen molar-refractivity contribution in [2.24, 2.45) is 5.41 Å². The lowest BCUT2D eigenvalue weighted by Crippen LogP contribution is -2.49. The van der Waals surface area contributed by atoms with Crippen molar-refractivity contribution in [3.63, 3.8) is 0 Å². The molecule has 2 saturated carbocycles. The van der Waals surface area contributed by atoms with Crippen molar-refractivity contribution in [2.75, 3.05) is 6.54 Å². The average Bonchev–Trinajstić information content (AvgIpc) is 3.64. The van der Waals surface area contributed by atoms with Gasteiger partial charge >= 0.3 is 12.3 Å². The minimum absolute atomic E-state index is 0.178. The zero-order chi connectivity index (χ0) is 25.1. The highest BCUT2D eigenvalue weighted by atomic mass is 35.5. The number of nitriles is 1. The molecule has 34 heavy (non-hydrogen) atoms. The van der Waals surface area contributed by atoms with E-state index >= 15 is 0 Å². The number of amides is 2. The van der Waals surface area contributed by atoms with E-state index in [1.165, 1.54) is 12.1 Å². The quantitative estimate of drug-likeness (QED) is 0.607. The summed E-state index contributed by atoms with van der Waals surface area (Å²) in [5, 5.41) is 10.0. The lowest BCUT2D eigenvalue weighted by molar-refractivity contribution is -0.201. The summed E-state index contributed by atoms with van der Waals surface area (Å²) in [7, 11) is -4.24. The second-order valence-corrected chi connectivity index (χ2v) is 11.7. The molecular weight excluding hydrogens is 522 g/mol. The Hall–Kier alpha value is -2.23. The third-order valence-corrected chi connectivity index (χ3v) is 9.21. The second kappa shape index (κ2) is 8.17. The fraction of sp³-hybridized carbons (Fsp3) is 0.550. The molecule has 4 rings (SSSR count). The largest absolute Gasteiger partial charge is 0.425 e. The van der Waals surface area contributed by atoms with Crippen LogP contribution >= 0.6 is 23.2 Å². The van der Waals surface area contributed by atoms with Crippen molar-refractivity contribution in [1.29, 1.82) is 5.26 Å². The predicted molar refractivity (Wildman–Crippen MR) is 112 cm³/mol. The van der Waals surface area contributed by atoms with E-state index in [0.29, 0.717) is 17.7 Å². The van der Waals surface area contributed by atoms with Crippen LogP contribution in [0.15, 0.2) is 23.1 Å². The molecule has 1 aliphatic heterocycles. The molecule has 0 radical (unpaired) electrons. The van der Waals surface area contributed by atoms with Crippen LogP contribution in [0.25, 0.3) is 0 Å². The standard InChI is InChI=1S/C20H18Cl2F3N3O5S/c21-11-1-2-14(13(22)7-11)34(31,32)12-8-15(33-17(30)27-18(10-26)3-4-18)28(9-12)16(29)19(5-6-19)20(23,24)25/h1-2,7,12,15H,3-6,8-9H2,(H,27,30)/t12-,15+/m1/s1. The van der Waals surface area contributed by atoms with Crippen LogP contribution in [0.3, 0.4) is 0 Å². The molecule has 1 saturated heterocycles. The first-order valence-corrected chi connectivity index (χ1v) is 12.5. The summed E-state index contributed by atoms with van der Waals surface area (Å²) < 4.78 is 72.4. The first-order chi connectivity index (χ1) is 15.7. The Bertz CT molecular complexity index is 1190. The smallest absolute Gasteiger partial charge is 0.410 e. The molecule has 0 spiro atoms. The number of carbonyl (C=O) groups is 2. The normalized spacial score (nSPS) is 24.8. The number of alkyl halides is 3. The molecule has 0 aromatic heterocycles. The Morgan fingerprint density at radius 1 is 1.21 bits per heavy atom. The number of rotatable bonds is 5. The molecular formula is C20H18Cl2F3N3O5S. The van der Waals surface area contributed by atoms with Gasteiger partial charge < -0.3 is 15.0 Å². The van der Waals surface area contributed by atoms with Crippen LogP contribution in [0.4, 0.5) is 18.0 Å². The van der Waals surface area contributed by atoms with Crippen LogP contribution in [0.1, 0.15) is 32.1 Å². The van der Waals surface area contributed by atoms with Crippen LogP contribution in [0, 0.1) is 16.7 Å². The molecule has 14 heteroatoms.